The molecular weight excluding hydrogens is 472 g/mol. The lowest BCUT2D eigenvalue weighted by Gasteiger charge is -2.22. The van der Waals surface area contributed by atoms with Gasteiger partial charge in [0.1, 0.15) is 5.82 Å². The Labute approximate surface area is 228 Å². The first-order valence-corrected chi connectivity index (χ1v) is 14.2. The normalized spacial score (nSPS) is 10.9. The lowest BCUT2D eigenvalue weighted by atomic mass is 10.1. The number of unbranched alkanes of at least 4 members (excludes halogenated alkanes) is 6. The number of benzene rings is 2. The van der Waals surface area contributed by atoms with Crippen LogP contribution in [0.25, 0.3) is 16.8 Å². The van der Waals surface area contributed by atoms with Gasteiger partial charge in [0.2, 0.25) is 11.8 Å². The highest BCUT2D eigenvalue weighted by molar-refractivity contribution is 5.98. The molecule has 2 aromatic carbocycles. The van der Waals surface area contributed by atoms with E-state index in [1.165, 1.54) is 25.7 Å². The van der Waals surface area contributed by atoms with Gasteiger partial charge in [0, 0.05) is 18.5 Å². The van der Waals surface area contributed by atoms with E-state index in [4.69, 9.17) is 5.10 Å². The van der Waals surface area contributed by atoms with Crippen LogP contribution in [0.4, 0.5) is 5.82 Å². The summed E-state index contributed by atoms with van der Waals surface area (Å²) in [5, 5.41) is 7.97. The first-order valence-electron chi connectivity index (χ1n) is 14.2. The minimum atomic E-state index is -0.204. The van der Waals surface area contributed by atoms with Crippen LogP contribution in [0.5, 0.6) is 0 Å². The molecule has 0 spiro atoms. The lowest BCUT2D eigenvalue weighted by Crippen LogP contribution is -2.38. The van der Waals surface area contributed by atoms with Crippen LogP contribution in [0.2, 0.25) is 0 Å². The molecule has 2 amide bonds. The maximum absolute atomic E-state index is 13.5. The van der Waals surface area contributed by atoms with Crippen molar-refractivity contribution in [2.24, 2.45) is 0 Å². The van der Waals surface area contributed by atoms with Crippen molar-refractivity contribution in [1.29, 1.82) is 0 Å². The average Bonchev–Trinajstić information content (AvgIpc) is 3.24. The summed E-state index contributed by atoms with van der Waals surface area (Å²) in [4.78, 5) is 28.3. The summed E-state index contributed by atoms with van der Waals surface area (Å²) in [6, 6.07) is 18.0. The Morgan fingerprint density at radius 1 is 0.842 bits per heavy atom. The maximum atomic E-state index is 13.5. The quantitative estimate of drug-likeness (QED) is 0.213. The minimum absolute atomic E-state index is 0.0426. The van der Waals surface area contributed by atoms with Gasteiger partial charge in [-0.25, -0.2) is 4.68 Å². The third kappa shape index (κ3) is 8.04. The molecule has 0 bridgehead atoms. The predicted molar refractivity (Wildman–Crippen MR) is 157 cm³/mol. The number of rotatable bonds is 15. The highest BCUT2D eigenvalue weighted by Crippen LogP contribution is 2.34. The van der Waals surface area contributed by atoms with Gasteiger partial charge in [0.15, 0.2) is 0 Å². The van der Waals surface area contributed by atoms with E-state index in [9.17, 15) is 9.59 Å². The summed E-state index contributed by atoms with van der Waals surface area (Å²) in [5.74, 6) is 0.493. The van der Waals surface area contributed by atoms with Gasteiger partial charge in [0.25, 0.3) is 0 Å². The van der Waals surface area contributed by atoms with Crippen molar-refractivity contribution in [1.82, 2.24) is 14.7 Å². The first kappa shape index (κ1) is 29.2. The Bertz CT molecular complexity index is 1170. The van der Waals surface area contributed by atoms with Gasteiger partial charge in [0.05, 0.1) is 17.9 Å². The second kappa shape index (κ2) is 15.1. The molecule has 0 unspecified atom stereocenters. The number of aromatic nitrogens is 2. The van der Waals surface area contributed by atoms with E-state index in [1.54, 1.807) is 4.90 Å². The molecule has 204 valence electrons. The van der Waals surface area contributed by atoms with Crippen molar-refractivity contribution in [2.45, 2.75) is 85.5 Å². The van der Waals surface area contributed by atoms with Crippen molar-refractivity contribution in [3.05, 3.63) is 65.9 Å². The second-order valence-electron chi connectivity index (χ2n) is 10.1. The fourth-order valence-corrected chi connectivity index (χ4v) is 4.77. The predicted octanol–water partition coefficient (Wildman–Crippen LogP) is 7.47. The number of anilines is 1. The Kier molecular flexibility index (Phi) is 11.6. The fourth-order valence-electron chi connectivity index (χ4n) is 4.77. The molecule has 0 aliphatic heterocycles. The Morgan fingerprint density at radius 2 is 1.50 bits per heavy atom. The SMILES string of the molecule is CCCCCCCCC(=O)N(CCCC)CC(=O)Nc1c(-c2ccccc2)c(C)nn1-c1ccccc1C. The number of hydrogen-bond acceptors (Lipinski definition) is 3. The molecule has 6 heteroatoms. The van der Waals surface area contributed by atoms with E-state index in [-0.39, 0.29) is 18.4 Å². The van der Waals surface area contributed by atoms with Crippen LogP contribution in [-0.4, -0.2) is 39.6 Å². The van der Waals surface area contributed by atoms with Gasteiger partial charge in [-0.3, -0.25) is 9.59 Å². The minimum Gasteiger partial charge on any atom is -0.333 e. The zero-order valence-electron chi connectivity index (χ0n) is 23.6. The van der Waals surface area contributed by atoms with E-state index in [0.717, 1.165) is 53.8 Å². The lowest BCUT2D eigenvalue weighted by molar-refractivity contribution is -0.134. The van der Waals surface area contributed by atoms with Crippen molar-refractivity contribution in [3.8, 4) is 16.8 Å². The van der Waals surface area contributed by atoms with E-state index in [0.29, 0.717) is 18.8 Å². The Morgan fingerprint density at radius 3 is 2.21 bits per heavy atom. The zero-order valence-corrected chi connectivity index (χ0v) is 23.6. The first-order chi connectivity index (χ1) is 18.5. The number of nitrogens with zero attached hydrogens (tertiary/aromatic N) is 3. The largest absolute Gasteiger partial charge is 0.333 e. The van der Waals surface area contributed by atoms with Crippen molar-refractivity contribution in [2.75, 3.05) is 18.4 Å². The number of para-hydroxylation sites is 1. The average molecular weight is 517 g/mol. The molecule has 0 atom stereocenters. The summed E-state index contributed by atoms with van der Waals surface area (Å²) < 4.78 is 1.82. The smallest absolute Gasteiger partial charge is 0.245 e. The molecule has 0 saturated heterocycles. The molecule has 3 rings (SSSR count). The number of nitrogens with one attached hydrogen (secondary N) is 1. The van der Waals surface area contributed by atoms with Crippen LogP contribution in [0.1, 0.15) is 82.9 Å². The van der Waals surface area contributed by atoms with Crippen molar-refractivity contribution < 1.29 is 9.59 Å². The van der Waals surface area contributed by atoms with Gasteiger partial charge in [-0.2, -0.15) is 5.10 Å². The van der Waals surface area contributed by atoms with Crippen LogP contribution in [-0.2, 0) is 9.59 Å². The van der Waals surface area contributed by atoms with E-state index < -0.39 is 0 Å². The molecule has 1 heterocycles. The van der Waals surface area contributed by atoms with Crippen LogP contribution in [0, 0.1) is 13.8 Å². The maximum Gasteiger partial charge on any atom is 0.245 e. The number of aryl methyl sites for hydroxylation is 2. The molecule has 0 radical (unpaired) electrons. The van der Waals surface area contributed by atoms with Crippen molar-refractivity contribution in [3.63, 3.8) is 0 Å². The molecule has 1 aromatic heterocycles. The summed E-state index contributed by atoms with van der Waals surface area (Å²) in [7, 11) is 0. The third-order valence-electron chi connectivity index (χ3n) is 6.94. The molecule has 0 fully saturated rings. The summed E-state index contributed by atoms with van der Waals surface area (Å²) in [6.45, 7) is 8.95. The monoisotopic (exact) mass is 516 g/mol. The van der Waals surface area contributed by atoms with Gasteiger partial charge in [-0.05, 0) is 43.9 Å². The number of carbonyl (C=O) groups is 2. The number of carbonyl (C=O) groups excluding carboxylic acids is 2. The van der Waals surface area contributed by atoms with Crippen molar-refractivity contribution >= 4 is 17.6 Å². The van der Waals surface area contributed by atoms with Gasteiger partial charge >= 0.3 is 0 Å². The molecular formula is C32H44N4O2. The van der Waals surface area contributed by atoms with E-state index in [2.05, 4.69) is 19.2 Å². The van der Waals surface area contributed by atoms with E-state index in [1.807, 2.05) is 73.1 Å². The van der Waals surface area contributed by atoms with Gasteiger partial charge in [-0.15, -0.1) is 0 Å². The molecule has 1 N–H and O–H groups in total. The zero-order chi connectivity index (χ0) is 27.3. The highest BCUT2D eigenvalue weighted by atomic mass is 16.2. The second-order valence-corrected chi connectivity index (χ2v) is 10.1. The van der Waals surface area contributed by atoms with E-state index >= 15 is 0 Å². The Hall–Kier alpha value is -3.41. The highest BCUT2D eigenvalue weighted by Gasteiger charge is 2.23. The molecule has 0 aliphatic rings. The fraction of sp³-hybridized carbons (Fsp3) is 0.469. The van der Waals surface area contributed by atoms with Crippen LogP contribution in [0.3, 0.4) is 0 Å². The topological polar surface area (TPSA) is 67.2 Å². The third-order valence-corrected chi connectivity index (χ3v) is 6.94. The summed E-state index contributed by atoms with van der Waals surface area (Å²) >= 11 is 0. The van der Waals surface area contributed by atoms with Crippen LogP contribution >= 0.6 is 0 Å². The molecule has 38 heavy (non-hydrogen) atoms. The standard InChI is InChI=1S/C32H44N4O2/c1-5-7-9-10-11-15-22-30(38)35(23-8-6-2)24-29(37)33-32-31(27-19-13-12-14-20-27)26(4)34-36(32)28-21-17-16-18-25(28)3/h12-14,16-21H,5-11,15,22-24H2,1-4H3,(H,33,37). The molecule has 0 aliphatic carbocycles. The van der Waals surface area contributed by atoms with Crippen LogP contribution < -0.4 is 5.32 Å². The number of hydrogen-bond donors (Lipinski definition) is 1. The van der Waals surface area contributed by atoms with Crippen LogP contribution in [0.15, 0.2) is 54.6 Å². The number of amides is 2. The summed E-state index contributed by atoms with van der Waals surface area (Å²) in [6.07, 6.45) is 9.15. The molecule has 6 nitrogen and oxygen atoms in total. The molecule has 0 saturated carbocycles. The molecule has 3 aromatic rings. The summed E-state index contributed by atoms with van der Waals surface area (Å²) in [5.41, 5.74) is 4.68. The van der Waals surface area contributed by atoms with Gasteiger partial charge < -0.3 is 10.2 Å². The van der Waals surface area contributed by atoms with Gasteiger partial charge in [-0.1, -0.05) is 101 Å². The Balaban J connectivity index is 1.81.